The van der Waals surface area contributed by atoms with Crippen molar-refractivity contribution in [2.75, 3.05) is 20.1 Å². The van der Waals surface area contributed by atoms with Gasteiger partial charge in [-0.2, -0.15) is 0 Å². The molecule has 1 aliphatic heterocycles. The Hall–Kier alpha value is -1.23. The average molecular weight is 384 g/mol. The van der Waals surface area contributed by atoms with Gasteiger partial charge in [0.15, 0.2) is 0 Å². The number of nitrogens with zero attached hydrogens (tertiary/aromatic N) is 3. The minimum absolute atomic E-state index is 0.610. The SMILES string of the molecule is C[C@@H]1CCN(Cc2ccccc2)C[C@@H]1N(C)Cc1csc(C2CCCC2)n1. The highest BCUT2D eigenvalue weighted by atomic mass is 32.1. The molecule has 0 radical (unpaired) electrons. The molecule has 0 bridgehead atoms. The van der Waals surface area contributed by atoms with Crippen LogP contribution < -0.4 is 0 Å². The van der Waals surface area contributed by atoms with Crippen molar-refractivity contribution in [3.8, 4) is 0 Å². The summed E-state index contributed by atoms with van der Waals surface area (Å²) >= 11 is 1.89. The topological polar surface area (TPSA) is 19.4 Å². The fraction of sp³-hybridized carbons (Fsp3) is 0.609. The third kappa shape index (κ3) is 4.79. The summed E-state index contributed by atoms with van der Waals surface area (Å²) < 4.78 is 0. The lowest BCUT2D eigenvalue weighted by Gasteiger charge is -2.41. The molecule has 27 heavy (non-hydrogen) atoms. The summed E-state index contributed by atoms with van der Waals surface area (Å²) in [5.74, 6) is 1.49. The second-order valence-corrected chi connectivity index (χ2v) is 9.52. The van der Waals surface area contributed by atoms with Gasteiger partial charge in [-0.05, 0) is 44.3 Å². The first-order valence-electron chi connectivity index (χ1n) is 10.6. The molecule has 0 unspecified atom stereocenters. The highest BCUT2D eigenvalue weighted by Crippen LogP contribution is 2.35. The molecule has 0 spiro atoms. The highest BCUT2D eigenvalue weighted by Gasteiger charge is 2.29. The van der Waals surface area contributed by atoms with E-state index >= 15 is 0 Å². The van der Waals surface area contributed by atoms with Gasteiger partial charge in [-0.25, -0.2) is 4.98 Å². The molecular formula is C23H33N3S. The quantitative estimate of drug-likeness (QED) is 0.688. The van der Waals surface area contributed by atoms with Crippen molar-refractivity contribution in [3.05, 3.63) is 52.0 Å². The van der Waals surface area contributed by atoms with Crippen LogP contribution in [0.25, 0.3) is 0 Å². The van der Waals surface area contributed by atoms with Gasteiger partial charge < -0.3 is 0 Å². The molecule has 4 rings (SSSR count). The zero-order chi connectivity index (χ0) is 18.6. The Morgan fingerprint density at radius 1 is 1.15 bits per heavy atom. The van der Waals surface area contributed by atoms with Crippen molar-refractivity contribution in [2.45, 2.75) is 64.1 Å². The molecule has 2 fully saturated rings. The summed E-state index contributed by atoms with van der Waals surface area (Å²) in [5, 5.41) is 3.69. The zero-order valence-electron chi connectivity index (χ0n) is 16.8. The summed E-state index contributed by atoms with van der Waals surface area (Å²) in [6, 6.07) is 11.5. The van der Waals surface area contributed by atoms with Crippen molar-refractivity contribution in [1.82, 2.24) is 14.8 Å². The fourth-order valence-corrected chi connectivity index (χ4v) is 5.78. The molecule has 2 aromatic rings. The Bertz CT molecular complexity index is 707. The third-order valence-corrected chi connectivity index (χ3v) is 7.56. The van der Waals surface area contributed by atoms with E-state index in [9.17, 15) is 0 Å². The molecule has 4 heteroatoms. The van der Waals surface area contributed by atoms with Crippen LogP contribution in [0.2, 0.25) is 0 Å². The van der Waals surface area contributed by atoms with Crippen LogP contribution in [0.1, 0.15) is 61.2 Å². The Morgan fingerprint density at radius 3 is 2.70 bits per heavy atom. The van der Waals surface area contributed by atoms with Crippen molar-refractivity contribution in [1.29, 1.82) is 0 Å². The molecule has 2 aliphatic rings. The third-order valence-electron chi connectivity index (χ3n) is 6.50. The van der Waals surface area contributed by atoms with Gasteiger partial charge in [0.05, 0.1) is 10.7 Å². The zero-order valence-corrected chi connectivity index (χ0v) is 17.6. The lowest BCUT2D eigenvalue weighted by Crippen LogP contribution is -2.50. The van der Waals surface area contributed by atoms with Crippen LogP contribution in [0, 0.1) is 5.92 Å². The number of piperidine rings is 1. The predicted octanol–water partition coefficient (Wildman–Crippen LogP) is 5.14. The number of thiazole rings is 1. The molecule has 1 aromatic heterocycles. The van der Waals surface area contributed by atoms with Crippen LogP contribution >= 0.6 is 11.3 Å². The van der Waals surface area contributed by atoms with Crippen LogP contribution in [0.5, 0.6) is 0 Å². The number of likely N-dealkylation sites (N-methyl/N-ethyl adjacent to an activating group) is 1. The highest BCUT2D eigenvalue weighted by molar-refractivity contribution is 7.09. The van der Waals surface area contributed by atoms with E-state index in [2.05, 4.69) is 59.5 Å². The lowest BCUT2D eigenvalue weighted by atomic mass is 9.92. The Morgan fingerprint density at radius 2 is 1.93 bits per heavy atom. The summed E-state index contributed by atoms with van der Waals surface area (Å²) in [6.45, 7) is 6.85. The van der Waals surface area contributed by atoms with E-state index < -0.39 is 0 Å². The van der Waals surface area contributed by atoms with E-state index in [4.69, 9.17) is 4.98 Å². The normalized spacial score (nSPS) is 24.7. The van der Waals surface area contributed by atoms with Crippen molar-refractivity contribution >= 4 is 11.3 Å². The van der Waals surface area contributed by atoms with Crippen LogP contribution in [-0.4, -0.2) is 41.0 Å². The second kappa shape index (κ2) is 8.85. The molecule has 1 saturated heterocycles. The molecule has 1 aromatic carbocycles. The average Bonchev–Trinajstić information content (AvgIpc) is 3.36. The molecule has 0 N–H and O–H groups in total. The monoisotopic (exact) mass is 383 g/mol. The van der Waals surface area contributed by atoms with Crippen LogP contribution in [0.3, 0.4) is 0 Å². The summed E-state index contributed by atoms with van der Waals surface area (Å²) in [4.78, 5) is 10.2. The first-order chi connectivity index (χ1) is 13.2. The minimum atomic E-state index is 0.610. The maximum Gasteiger partial charge on any atom is 0.0959 e. The van der Waals surface area contributed by atoms with Gasteiger partial charge in [0.2, 0.25) is 0 Å². The van der Waals surface area contributed by atoms with Crippen molar-refractivity contribution in [3.63, 3.8) is 0 Å². The van der Waals surface area contributed by atoms with Gasteiger partial charge in [-0.1, -0.05) is 50.1 Å². The van der Waals surface area contributed by atoms with Gasteiger partial charge in [-0.15, -0.1) is 11.3 Å². The number of hydrogen-bond acceptors (Lipinski definition) is 4. The predicted molar refractivity (Wildman–Crippen MR) is 114 cm³/mol. The number of hydrogen-bond donors (Lipinski definition) is 0. The smallest absolute Gasteiger partial charge is 0.0959 e. The van der Waals surface area contributed by atoms with E-state index in [1.54, 1.807) is 0 Å². The number of likely N-dealkylation sites (tertiary alicyclic amines) is 1. The molecular weight excluding hydrogens is 350 g/mol. The summed E-state index contributed by atoms with van der Waals surface area (Å²) in [7, 11) is 2.29. The number of benzene rings is 1. The van der Waals surface area contributed by atoms with Gasteiger partial charge in [0.1, 0.15) is 0 Å². The van der Waals surface area contributed by atoms with Crippen molar-refractivity contribution < 1.29 is 0 Å². The van der Waals surface area contributed by atoms with E-state index in [1.807, 2.05) is 11.3 Å². The lowest BCUT2D eigenvalue weighted by molar-refractivity contribution is 0.0665. The van der Waals surface area contributed by atoms with E-state index in [1.165, 1.54) is 54.9 Å². The standard InChI is InChI=1S/C23H33N3S/c1-18-12-13-26(14-19-8-4-3-5-9-19)16-22(18)25(2)15-21-17-27-23(24-21)20-10-6-7-11-20/h3-5,8-9,17-18,20,22H,6-7,10-16H2,1-2H3/t18-,22+/m1/s1. The first-order valence-corrected chi connectivity index (χ1v) is 11.5. The summed E-state index contributed by atoms with van der Waals surface area (Å²) in [6.07, 6.45) is 6.74. The molecule has 1 aliphatic carbocycles. The van der Waals surface area contributed by atoms with Gasteiger partial charge in [-0.3, -0.25) is 9.80 Å². The van der Waals surface area contributed by atoms with Gasteiger partial charge in [0, 0.05) is 37.0 Å². The maximum absolute atomic E-state index is 5.00. The molecule has 146 valence electrons. The first kappa shape index (κ1) is 19.1. The van der Waals surface area contributed by atoms with Crippen LogP contribution in [0.15, 0.2) is 35.7 Å². The second-order valence-electron chi connectivity index (χ2n) is 8.63. The largest absolute Gasteiger partial charge is 0.298 e. The van der Waals surface area contributed by atoms with E-state index in [0.717, 1.165) is 31.5 Å². The Kier molecular flexibility index (Phi) is 6.26. The molecule has 0 amide bonds. The molecule has 1 saturated carbocycles. The van der Waals surface area contributed by atoms with Gasteiger partial charge in [0.25, 0.3) is 0 Å². The van der Waals surface area contributed by atoms with E-state index in [0.29, 0.717) is 6.04 Å². The van der Waals surface area contributed by atoms with E-state index in [-0.39, 0.29) is 0 Å². The fourth-order valence-electron chi connectivity index (χ4n) is 4.80. The molecule has 3 nitrogen and oxygen atoms in total. The Labute approximate surface area is 168 Å². The van der Waals surface area contributed by atoms with Crippen LogP contribution in [0.4, 0.5) is 0 Å². The minimum Gasteiger partial charge on any atom is -0.298 e. The Balaban J connectivity index is 1.35. The molecule has 2 atom stereocenters. The van der Waals surface area contributed by atoms with Crippen molar-refractivity contribution in [2.24, 2.45) is 5.92 Å². The number of aromatic nitrogens is 1. The maximum atomic E-state index is 5.00. The van der Waals surface area contributed by atoms with Crippen LogP contribution in [-0.2, 0) is 13.1 Å². The summed E-state index contributed by atoms with van der Waals surface area (Å²) in [5.41, 5.74) is 2.70. The molecule has 2 heterocycles. The number of rotatable bonds is 6. The van der Waals surface area contributed by atoms with Gasteiger partial charge >= 0.3 is 0 Å².